The molecule has 0 saturated heterocycles. The van der Waals surface area contributed by atoms with E-state index in [4.69, 9.17) is 5.73 Å². The lowest BCUT2D eigenvalue weighted by Gasteiger charge is -2.29. The Labute approximate surface area is 119 Å². The normalized spacial score (nSPS) is 15.5. The fourth-order valence-electron chi connectivity index (χ4n) is 2.39. The van der Waals surface area contributed by atoms with Crippen LogP contribution in [0, 0.1) is 5.92 Å². The molecule has 1 aromatic carbocycles. The topological polar surface area (TPSA) is 75.4 Å². The zero-order valence-electron chi connectivity index (χ0n) is 11.8. The number of benzene rings is 1. The Morgan fingerprint density at radius 3 is 2.90 bits per heavy atom. The molecule has 20 heavy (non-hydrogen) atoms. The molecule has 0 fully saturated rings. The number of nitrogens with zero attached hydrogens (tertiary/aromatic N) is 1. The number of hydrogen-bond acceptors (Lipinski definition) is 3. The highest BCUT2D eigenvalue weighted by atomic mass is 16.2. The quantitative estimate of drug-likeness (QED) is 0.859. The van der Waals surface area contributed by atoms with Gasteiger partial charge < -0.3 is 16.0 Å². The lowest BCUT2D eigenvalue weighted by molar-refractivity contribution is -0.122. The summed E-state index contributed by atoms with van der Waals surface area (Å²) in [5.41, 5.74) is 6.99. The smallest absolute Gasteiger partial charge is 0.244 e. The average Bonchev–Trinajstić information content (AvgIpc) is 2.44. The second-order valence-corrected chi connectivity index (χ2v) is 5.27. The van der Waals surface area contributed by atoms with Gasteiger partial charge in [-0.15, -0.1) is 0 Å². The van der Waals surface area contributed by atoms with Crippen LogP contribution in [0.5, 0.6) is 0 Å². The second-order valence-electron chi connectivity index (χ2n) is 5.27. The van der Waals surface area contributed by atoms with Gasteiger partial charge in [-0.2, -0.15) is 0 Å². The zero-order chi connectivity index (χ0) is 14.5. The maximum atomic E-state index is 12.3. The van der Waals surface area contributed by atoms with Gasteiger partial charge in [0.1, 0.15) is 6.54 Å². The molecule has 1 aromatic rings. The molecule has 2 rings (SSSR count). The van der Waals surface area contributed by atoms with Gasteiger partial charge in [0.2, 0.25) is 11.8 Å². The molecule has 3 N–H and O–H groups in total. The van der Waals surface area contributed by atoms with Gasteiger partial charge in [0.05, 0.1) is 11.4 Å². The van der Waals surface area contributed by atoms with E-state index in [1.54, 1.807) is 4.90 Å². The van der Waals surface area contributed by atoms with Crippen molar-refractivity contribution in [2.75, 3.05) is 23.3 Å². The number of carbonyl (C=O) groups is 2. The molecule has 108 valence electrons. The summed E-state index contributed by atoms with van der Waals surface area (Å²) < 4.78 is 0. The summed E-state index contributed by atoms with van der Waals surface area (Å²) in [5.74, 6) is 0.279. The van der Waals surface area contributed by atoms with Crippen LogP contribution >= 0.6 is 0 Å². The standard InChI is InChI=1S/C15H21N3O2/c1-11(8-9-16)6-7-15(20)18-10-14(19)17-12-4-2-3-5-13(12)18/h2-5,11H,6-10,16H2,1H3,(H,17,19). The van der Waals surface area contributed by atoms with Crippen molar-refractivity contribution in [1.29, 1.82) is 0 Å². The summed E-state index contributed by atoms with van der Waals surface area (Å²) >= 11 is 0. The van der Waals surface area contributed by atoms with Crippen LogP contribution in [0.15, 0.2) is 24.3 Å². The van der Waals surface area contributed by atoms with Crippen LogP contribution in [0.1, 0.15) is 26.2 Å². The first-order chi connectivity index (χ1) is 9.61. The van der Waals surface area contributed by atoms with E-state index in [0.717, 1.165) is 18.5 Å². The third kappa shape index (κ3) is 3.36. The van der Waals surface area contributed by atoms with Crippen molar-refractivity contribution in [2.24, 2.45) is 11.7 Å². The minimum atomic E-state index is -0.146. The maximum Gasteiger partial charge on any atom is 0.244 e. The van der Waals surface area contributed by atoms with Crippen LogP contribution in [-0.2, 0) is 9.59 Å². The number of nitrogens with two attached hydrogens (primary N) is 1. The van der Waals surface area contributed by atoms with Crippen LogP contribution in [0.3, 0.4) is 0 Å². The molecule has 0 aromatic heterocycles. The fourth-order valence-corrected chi connectivity index (χ4v) is 2.39. The van der Waals surface area contributed by atoms with Crippen LogP contribution < -0.4 is 16.0 Å². The highest BCUT2D eigenvalue weighted by Crippen LogP contribution is 2.29. The molecule has 1 aliphatic rings. The van der Waals surface area contributed by atoms with Gasteiger partial charge in [0.15, 0.2) is 0 Å². The molecule has 5 heteroatoms. The van der Waals surface area contributed by atoms with Crippen molar-refractivity contribution in [2.45, 2.75) is 26.2 Å². The van der Waals surface area contributed by atoms with Crippen molar-refractivity contribution >= 4 is 23.2 Å². The van der Waals surface area contributed by atoms with Crippen LogP contribution in [0.25, 0.3) is 0 Å². The Kier molecular flexibility index (Phi) is 4.74. The van der Waals surface area contributed by atoms with Gasteiger partial charge in [-0.05, 0) is 37.4 Å². The molecule has 1 heterocycles. The van der Waals surface area contributed by atoms with Gasteiger partial charge in [-0.1, -0.05) is 19.1 Å². The van der Waals surface area contributed by atoms with E-state index in [1.165, 1.54) is 0 Å². The van der Waals surface area contributed by atoms with E-state index in [1.807, 2.05) is 24.3 Å². The van der Waals surface area contributed by atoms with Crippen molar-refractivity contribution in [3.8, 4) is 0 Å². The summed E-state index contributed by atoms with van der Waals surface area (Å²) in [5, 5.41) is 2.78. The molecular weight excluding hydrogens is 254 g/mol. The predicted octanol–water partition coefficient (Wildman–Crippen LogP) is 1.74. The summed E-state index contributed by atoms with van der Waals surface area (Å²) in [7, 11) is 0. The monoisotopic (exact) mass is 275 g/mol. The van der Waals surface area contributed by atoms with Gasteiger partial charge in [-0.3, -0.25) is 9.59 Å². The number of rotatable bonds is 5. The van der Waals surface area contributed by atoms with E-state index in [2.05, 4.69) is 12.2 Å². The van der Waals surface area contributed by atoms with Crippen molar-refractivity contribution < 1.29 is 9.59 Å². The number of fused-ring (bicyclic) bond motifs is 1. The van der Waals surface area contributed by atoms with E-state index < -0.39 is 0 Å². The molecule has 0 aliphatic carbocycles. The zero-order valence-corrected chi connectivity index (χ0v) is 11.8. The molecule has 5 nitrogen and oxygen atoms in total. The van der Waals surface area contributed by atoms with E-state index in [0.29, 0.717) is 24.6 Å². The average molecular weight is 275 g/mol. The first-order valence-electron chi connectivity index (χ1n) is 7.01. The first kappa shape index (κ1) is 14.5. The number of nitrogens with one attached hydrogen (secondary N) is 1. The van der Waals surface area contributed by atoms with E-state index in [9.17, 15) is 9.59 Å². The Bertz CT molecular complexity index is 502. The molecule has 1 aliphatic heterocycles. The highest BCUT2D eigenvalue weighted by molar-refractivity contribution is 6.09. The van der Waals surface area contributed by atoms with E-state index >= 15 is 0 Å². The Hall–Kier alpha value is -1.88. The molecule has 0 spiro atoms. The molecule has 0 saturated carbocycles. The minimum Gasteiger partial charge on any atom is -0.330 e. The molecule has 1 unspecified atom stereocenters. The Balaban J connectivity index is 2.05. The lowest BCUT2D eigenvalue weighted by Crippen LogP contribution is -2.42. The predicted molar refractivity (Wildman–Crippen MR) is 79.5 cm³/mol. The third-order valence-electron chi connectivity index (χ3n) is 3.58. The van der Waals surface area contributed by atoms with Crippen LogP contribution in [-0.4, -0.2) is 24.9 Å². The largest absolute Gasteiger partial charge is 0.330 e. The van der Waals surface area contributed by atoms with E-state index in [-0.39, 0.29) is 18.4 Å². The maximum absolute atomic E-state index is 12.3. The third-order valence-corrected chi connectivity index (χ3v) is 3.58. The highest BCUT2D eigenvalue weighted by Gasteiger charge is 2.26. The summed E-state index contributed by atoms with van der Waals surface area (Å²) in [6.07, 6.45) is 2.17. The second kappa shape index (κ2) is 6.52. The van der Waals surface area contributed by atoms with Crippen LogP contribution in [0.4, 0.5) is 11.4 Å². The lowest BCUT2D eigenvalue weighted by atomic mass is 10.0. The van der Waals surface area contributed by atoms with Crippen molar-refractivity contribution in [3.05, 3.63) is 24.3 Å². The number of anilines is 2. The van der Waals surface area contributed by atoms with Gasteiger partial charge in [-0.25, -0.2) is 0 Å². The molecular formula is C15H21N3O2. The summed E-state index contributed by atoms with van der Waals surface area (Å²) in [4.78, 5) is 25.6. The number of carbonyl (C=O) groups excluding carboxylic acids is 2. The Morgan fingerprint density at radius 1 is 1.40 bits per heavy atom. The number of amides is 2. The number of hydrogen-bond donors (Lipinski definition) is 2. The molecule has 1 atom stereocenters. The number of para-hydroxylation sites is 2. The fraction of sp³-hybridized carbons (Fsp3) is 0.467. The molecule has 0 radical (unpaired) electrons. The summed E-state index contributed by atoms with van der Waals surface area (Å²) in [6.45, 7) is 2.84. The van der Waals surface area contributed by atoms with Gasteiger partial charge in [0.25, 0.3) is 0 Å². The van der Waals surface area contributed by atoms with Crippen LogP contribution in [0.2, 0.25) is 0 Å². The van der Waals surface area contributed by atoms with Gasteiger partial charge in [0, 0.05) is 6.42 Å². The Morgan fingerprint density at radius 2 is 2.15 bits per heavy atom. The molecule has 2 amide bonds. The minimum absolute atomic E-state index is 0.00354. The molecule has 0 bridgehead atoms. The van der Waals surface area contributed by atoms with Gasteiger partial charge >= 0.3 is 0 Å². The van der Waals surface area contributed by atoms with Crippen molar-refractivity contribution in [1.82, 2.24) is 0 Å². The summed E-state index contributed by atoms with van der Waals surface area (Å²) in [6, 6.07) is 7.38. The van der Waals surface area contributed by atoms with Crippen molar-refractivity contribution in [3.63, 3.8) is 0 Å². The SMILES string of the molecule is CC(CCN)CCC(=O)N1CC(=O)Nc2ccccc21. The first-order valence-corrected chi connectivity index (χ1v) is 7.01.